The van der Waals surface area contributed by atoms with E-state index in [0.29, 0.717) is 6.42 Å². The Balaban J connectivity index is 1.29. The highest BCUT2D eigenvalue weighted by molar-refractivity contribution is 5.94. The van der Waals surface area contributed by atoms with Crippen molar-refractivity contribution in [2.75, 3.05) is 17.2 Å². The van der Waals surface area contributed by atoms with Gasteiger partial charge in [0.25, 0.3) is 0 Å². The van der Waals surface area contributed by atoms with Crippen molar-refractivity contribution in [2.45, 2.75) is 38.5 Å². The van der Waals surface area contributed by atoms with Gasteiger partial charge in [-0.25, -0.2) is 0 Å². The molecule has 0 aliphatic heterocycles. The van der Waals surface area contributed by atoms with Crippen molar-refractivity contribution < 1.29 is 4.79 Å². The average Bonchev–Trinajstić information content (AvgIpc) is 2.74. The molecule has 2 aromatic carbocycles. The Labute approximate surface area is 166 Å². The molecule has 4 heteroatoms. The number of pyridine rings is 1. The molecule has 28 heavy (non-hydrogen) atoms. The van der Waals surface area contributed by atoms with Crippen molar-refractivity contribution in [1.29, 1.82) is 0 Å². The largest absolute Gasteiger partial charge is 0.385 e. The van der Waals surface area contributed by atoms with E-state index in [4.69, 9.17) is 0 Å². The minimum absolute atomic E-state index is 0.0278. The lowest BCUT2D eigenvalue weighted by atomic mass is 9.89. The van der Waals surface area contributed by atoms with Crippen LogP contribution < -0.4 is 10.6 Å². The smallest absolute Gasteiger partial charge is 0.228 e. The fraction of sp³-hybridized carbons (Fsp3) is 0.333. The maximum Gasteiger partial charge on any atom is 0.228 e. The molecule has 0 radical (unpaired) electrons. The van der Waals surface area contributed by atoms with Crippen LogP contribution in [0.1, 0.15) is 37.7 Å². The van der Waals surface area contributed by atoms with Gasteiger partial charge in [0.05, 0.1) is 23.8 Å². The minimum atomic E-state index is -0.0278. The van der Waals surface area contributed by atoms with E-state index in [0.717, 1.165) is 40.3 Å². The molecule has 1 heterocycles. The molecule has 0 saturated heterocycles. The van der Waals surface area contributed by atoms with Crippen molar-refractivity contribution in [3.63, 3.8) is 0 Å². The zero-order valence-electron chi connectivity index (χ0n) is 16.2. The first-order valence-electron chi connectivity index (χ1n) is 10.2. The molecule has 4 nitrogen and oxygen atoms in total. The number of anilines is 2. The summed E-state index contributed by atoms with van der Waals surface area (Å²) in [6.07, 6.45) is 8.88. The minimum Gasteiger partial charge on any atom is -0.385 e. The summed E-state index contributed by atoms with van der Waals surface area (Å²) in [5.74, 6) is 0.773. The first-order chi connectivity index (χ1) is 13.8. The van der Waals surface area contributed by atoms with E-state index in [2.05, 4.69) is 27.8 Å². The van der Waals surface area contributed by atoms with Gasteiger partial charge in [-0.3, -0.25) is 9.78 Å². The number of para-hydroxylation sites is 1. The molecule has 1 amide bonds. The Morgan fingerprint density at radius 2 is 1.75 bits per heavy atom. The number of nitrogens with one attached hydrogen (secondary N) is 2. The van der Waals surface area contributed by atoms with Gasteiger partial charge in [0.2, 0.25) is 5.91 Å². The lowest BCUT2D eigenvalue weighted by Crippen LogP contribution is -2.17. The maximum atomic E-state index is 12.4. The van der Waals surface area contributed by atoms with Gasteiger partial charge in [-0.2, -0.15) is 0 Å². The second kappa shape index (κ2) is 8.87. The molecular formula is C24H27N3O. The van der Waals surface area contributed by atoms with E-state index in [9.17, 15) is 4.79 Å². The van der Waals surface area contributed by atoms with Crippen molar-refractivity contribution in [3.05, 3.63) is 66.4 Å². The standard InChI is InChI=1S/C24H27N3O/c28-24(27-22-15-20-8-4-5-9-23(20)26-17-22)14-18-10-12-21(13-11-18)25-16-19-6-2-1-3-7-19/h4-5,8-13,15,17,19,25H,1-3,6-7,14,16H2,(H,27,28). The first-order valence-corrected chi connectivity index (χ1v) is 10.2. The first kappa shape index (κ1) is 18.5. The van der Waals surface area contributed by atoms with E-state index in [1.807, 2.05) is 42.5 Å². The van der Waals surface area contributed by atoms with Crippen molar-refractivity contribution in [2.24, 2.45) is 5.92 Å². The Kier molecular flexibility index (Phi) is 5.86. The lowest BCUT2D eigenvalue weighted by molar-refractivity contribution is -0.115. The SMILES string of the molecule is O=C(Cc1ccc(NCC2CCCCC2)cc1)Nc1cnc2ccccc2c1. The third kappa shape index (κ3) is 4.89. The normalized spacial score (nSPS) is 14.7. The summed E-state index contributed by atoms with van der Waals surface area (Å²) in [4.78, 5) is 16.8. The number of hydrogen-bond acceptors (Lipinski definition) is 3. The van der Waals surface area contributed by atoms with Crippen molar-refractivity contribution in [3.8, 4) is 0 Å². The molecule has 1 aliphatic rings. The fourth-order valence-electron chi connectivity index (χ4n) is 3.92. The summed E-state index contributed by atoms with van der Waals surface area (Å²) in [5, 5.41) is 7.51. The highest BCUT2D eigenvalue weighted by Gasteiger charge is 2.13. The van der Waals surface area contributed by atoms with Gasteiger partial charge < -0.3 is 10.6 Å². The molecule has 4 rings (SSSR count). The van der Waals surface area contributed by atoms with Crippen LogP contribution in [0.15, 0.2) is 60.8 Å². The number of carbonyl (C=O) groups is 1. The number of rotatable bonds is 6. The van der Waals surface area contributed by atoms with Crippen LogP contribution in [-0.4, -0.2) is 17.4 Å². The number of fused-ring (bicyclic) bond motifs is 1. The predicted octanol–water partition coefficient (Wildman–Crippen LogP) is 5.41. The van der Waals surface area contributed by atoms with Gasteiger partial charge in [0.1, 0.15) is 0 Å². The van der Waals surface area contributed by atoms with Crippen LogP contribution in [0.25, 0.3) is 10.9 Å². The lowest BCUT2D eigenvalue weighted by Gasteiger charge is -2.22. The zero-order valence-corrected chi connectivity index (χ0v) is 16.2. The van der Waals surface area contributed by atoms with Gasteiger partial charge in [-0.15, -0.1) is 0 Å². The number of benzene rings is 2. The molecular weight excluding hydrogens is 346 g/mol. The van der Waals surface area contributed by atoms with Gasteiger partial charge in [0, 0.05) is 17.6 Å². The van der Waals surface area contributed by atoms with Gasteiger partial charge >= 0.3 is 0 Å². The molecule has 1 aliphatic carbocycles. The molecule has 144 valence electrons. The third-order valence-electron chi connectivity index (χ3n) is 5.51. The number of carbonyl (C=O) groups excluding carboxylic acids is 1. The number of hydrogen-bond donors (Lipinski definition) is 2. The highest BCUT2D eigenvalue weighted by Crippen LogP contribution is 2.24. The molecule has 0 unspecified atom stereocenters. The number of amides is 1. The van der Waals surface area contributed by atoms with Crippen molar-refractivity contribution in [1.82, 2.24) is 4.98 Å². The van der Waals surface area contributed by atoms with E-state index in [1.165, 1.54) is 32.1 Å². The van der Waals surface area contributed by atoms with E-state index >= 15 is 0 Å². The fourth-order valence-corrected chi connectivity index (χ4v) is 3.92. The van der Waals surface area contributed by atoms with E-state index < -0.39 is 0 Å². The maximum absolute atomic E-state index is 12.4. The second-order valence-corrected chi connectivity index (χ2v) is 7.72. The highest BCUT2D eigenvalue weighted by atomic mass is 16.1. The van der Waals surface area contributed by atoms with E-state index in [-0.39, 0.29) is 5.91 Å². The quantitative estimate of drug-likeness (QED) is 0.607. The molecule has 1 saturated carbocycles. The molecule has 0 spiro atoms. The topological polar surface area (TPSA) is 54.0 Å². The Hall–Kier alpha value is -2.88. The molecule has 1 aromatic heterocycles. The predicted molar refractivity (Wildman–Crippen MR) is 116 cm³/mol. The van der Waals surface area contributed by atoms with Gasteiger partial charge in [-0.05, 0) is 48.6 Å². The number of aromatic nitrogens is 1. The summed E-state index contributed by atoms with van der Waals surface area (Å²) in [6, 6.07) is 18.1. The monoisotopic (exact) mass is 373 g/mol. The molecule has 0 atom stereocenters. The Morgan fingerprint density at radius 3 is 2.57 bits per heavy atom. The van der Waals surface area contributed by atoms with Crippen LogP contribution in [-0.2, 0) is 11.2 Å². The van der Waals surface area contributed by atoms with Crippen LogP contribution in [0.5, 0.6) is 0 Å². The summed E-state index contributed by atoms with van der Waals surface area (Å²) >= 11 is 0. The summed E-state index contributed by atoms with van der Waals surface area (Å²) in [5.41, 5.74) is 3.80. The van der Waals surface area contributed by atoms with Gasteiger partial charge in [0.15, 0.2) is 0 Å². The van der Waals surface area contributed by atoms with Crippen LogP contribution >= 0.6 is 0 Å². The molecule has 2 N–H and O–H groups in total. The molecule has 1 fully saturated rings. The number of nitrogens with zero attached hydrogens (tertiary/aromatic N) is 1. The average molecular weight is 374 g/mol. The van der Waals surface area contributed by atoms with Crippen LogP contribution in [0, 0.1) is 5.92 Å². The van der Waals surface area contributed by atoms with E-state index in [1.54, 1.807) is 6.20 Å². The van der Waals surface area contributed by atoms with Crippen LogP contribution in [0.2, 0.25) is 0 Å². The second-order valence-electron chi connectivity index (χ2n) is 7.72. The summed E-state index contributed by atoms with van der Waals surface area (Å²) < 4.78 is 0. The Bertz CT molecular complexity index is 930. The Morgan fingerprint density at radius 1 is 0.964 bits per heavy atom. The molecule has 0 bridgehead atoms. The van der Waals surface area contributed by atoms with Gasteiger partial charge in [-0.1, -0.05) is 49.6 Å². The summed E-state index contributed by atoms with van der Waals surface area (Å²) in [6.45, 7) is 1.05. The zero-order chi connectivity index (χ0) is 19.2. The van der Waals surface area contributed by atoms with Crippen LogP contribution in [0.4, 0.5) is 11.4 Å². The molecule has 3 aromatic rings. The van der Waals surface area contributed by atoms with Crippen molar-refractivity contribution >= 4 is 28.2 Å². The summed E-state index contributed by atoms with van der Waals surface area (Å²) in [7, 11) is 0. The third-order valence-corrected chi connectivity index (χ3v) is 5.51. The van der Waals surface area contributed by atoms with Crippen LogP contribution in [0.3, 0.4) is 0 Å².